The molecule has 0 bridgehead atoms. The maximum absolute atomic E-state index is 13.1. The highest BCUT2D eigenvalue weighted by molar-refractivity contribution is 7.47. The summed E-state index contributed by atoms with van der Waals surface area (Å²) in [6.45, 7) is 7.32. The van der Waals surface area contributed by atoms with Gasteiger partial charge >= 0.3 is 39.5 Å². The van der Waals surface area contributed by atoms with Crippen LogP contribution in [0.25, 0.3) is 0 Å². The molecule has 0 aliphatic heterocycles. The van der Waals surface area contributed by atoms with Gasteiger partial charge in [0, 0.05) is 25.7 Å². The van der Waals surface area contributed by atoms with Crippen molar-refractivity contribution in [2.45, 2.75) is 445 Å². The average molecular weight is 1450 g/mol. The number of ether oxygens (including phenoxy) is 4. The Labute approximate surface area is 607 Å². The van der Waals surface area contributed by atoms with Gasteiger partial charge in [-0.3, -0.25) is 37.3 Å². The third kappa shape index (κ3) is 74.1. The molecule has 0 aromatic carbocycles. The minimum Gasteiger partial charge on any atom is -0.462 e. The number of unbranched alkanes of at least 4 members (excludes halogenated alkanes) is 52. The average Bonchev–Trinajstić information content (AvgIpc) is 1.24. The number of rotatable bonds is 80. The first kappa shape index (κ1) is 97.1. The molecule has 5 atom stereocenters. The van der Waals surface area contributed by atoms with E-state index >= 15 is 0 Å². The molecule has 588 valence electrons. The van der Waals surface area contributed by atoms with Gasteiger partial charge in [0.2, 0.25) is 0 Å². The van der Waals surface area contributed by atoms with Gasteiger partial charge in [-0.15, -0.1) is 0 Å². The van der Waals surface area contributed by atoms with Crippen LogP contribution in [0.1, 0.15) is 426 Å². The zero-order valence-electron chi connectivity index (χ0n) is 64.6. The number of carbonyl (C=O) groups excluding carboxylic acids is 4. The molecule has 0 radical (unpaired) electrons. The number of hydrogen-bond acceptors (Lipinski definition) is 15. The molecule has 0 fully saturated rings. The summed E-state index contributed by atoms with van der Waals surface area (Å²) in [5.74, 6) is -1.29. The maximum atomic E-state index is 13.1. The van der Waals surface area contributed by atoms with E-state index < -0.39 is 97.5 Å². The van der Waals surface area contributed by atoms with E-state index in [4.69, 9.17) is 37.0 Å². The van der Waals surface area contributed by atoms with Crippen molar-refractivity contribution in [3.63, 3.8) is 0 Å². The van der Waals surface area contributed by atoms with Gasteiger partial charge in [-0.25, -0.2) is 9.13 Å². The van der Waals surface area contributed by atoms with Crippen molar-refractivity contribution in [3.8, 4) is 0 Å². The molecule has 0 amide bonds. The quantitative estimate of drug-likeness (QED) is 0.0222. The van der Waals surface area contributed by atoms with Gasteiger partial charge in [0.1, 0.15) is 19.3 Å². The SMILES string of the molecule is CCCCCCCCCCCCCCCCCCCCC(=O)OC[C@H](COP(=O)(O)OC[C@@H](O)COP(=O)(O)OC[C@@H](COC(=O)CCCCCCCCC)OC(=O)CCCCCCCCCCCCCCC)OC(=O)CCCCCCCCCCCCCCCCCCCCC(C)C. The molecule has 0 aromatic heterocycles. The van der Waals surface area contributed by atoms with Gasteiger partial charge in [0.15, 0.2) is 12.2 Å². The molecule has 17 nitrogen and oxygen atoms in total. The summed E-state index contributed by atoms with van der Waals surface area (Å²) < 4.78 is 68.5. The van der Waals surface area contributed by atoms with Crippen LogP contribution in [0.2, 0.25) is 0 Å². The van der Waals surface area contributed by atoms with Crippen molar-refractivity contribution in [3.05, 3.63) is 0 Å². The van der Waals surface area contributed by atoms with Crippen molar-refractivity contribution in [2.75, 3.05) is 39.6 Å². The first-order chi connectivity index (χ1) is 48.0. The fraction of sp³-hybridized carbons (Fsp3) is 0.950. The predicted molar refractivity (Wildman–Crippen MR) is 405 cm³/mol. The third-order valence-corrected chi connectivity index (χ3v) is 20.7. The normalized spacial score (nSPS) is 13.9. The van der Waals surface area contributed by atoms with Crippen LogP contribution < -0.4 is 0 Å². The summed E-state index contributed by atoms with van der Waals surface area (Å²) >= 11 is 0. The Hall–Kier alpha value is -1.94. The fourth-order valence-corrected chi connectivity index (χ4v) is 14.0. The second kappa shape index (κ2) is 73.0. The van der Waals surface area contributed by atoms with E-state index in [0.29, 0.717) is 25.7 Å². The standard InChI is InChI=1S/C80H156O17P2/c1-6-9-12-15-18-20-22-24-25-26-30-33-37-40-44-49-54-59-64-78(83)91-70-76(97-80(85)66-61-56-51-46-42-38-34-31-28-27-29-32-36-39-43-48-52-57-62-73(4)5)72-95-99(88,89)93-68-74(81)67-92-98(86,87)94-71-75(69-90-77(82)63-58-53-47-17-14-11-8-3)96-79(84)65-60-55-50-45-41-35-23-21-19-16-13-10-7-2/h73-76,81H,6-72H2,1-5H3,(H,86,87)(H,88,89)/t74-,75+,76+/m0/s1. The van der Waals surface area contributed by atoms with Crippen LogP contribution in [-0.2, 0) is 65.4 Å². The lowest BCUT2D eigenvalue weighted by Gasteiger charge is -2.21. The second-order valence-electron chi connectivity index (χ2n) is 29.3. The van der Waals surface area contributed by atoms with Gasteiger partial charge in [-0.05, 0) is 31.6 Å². The Balaban J connectivity index is 5.16. The van der Waals surface area contributed by atoms with E-state index in [9.17, 15) is 43.2 Å². The van der Waals surface area contributed by atoms with Gasteiger partial charge in [0.05, 0.1) is 26.4 Å². The molecule has 0 aliphatic rings. The zero-order chi connectivity index (χ0) is 72.7. The van der Waals surface area contributed by atoms with E-state index in [2.05, 4.69) is 34.6 Å². The van der Waals surface area contributed by atoms with Crippen molar-refractivity contribution >= 4 is 39.5 Å². The van der Waals surface area contributed by atoms with Crippen molar-refractivity contribution in [2.24, 2.45) is 5.92 Å². The lowest BCUT2D eigenvalue weighted by atomic mass is 10.0. The van der Waals surface area contributed by atoms with Gasteiger partial charge in [-0.2, -0.15) is 0 Å². The number of aliphatic hydroxyl groups is 1. The smallest absolute Gasteiger partial charge is 0.462 e. The predicted octanol–water partition coefficient (Wildman–Crippen LogP) is 24.0. The number of esters is 4. The second-order valence-corrected chi connectivity index (χ2v) is 32.2. The van der Waals surface area contributed by atoms with Crippen LogP contribution in [0.4, 0.5) is 0 Å². The van der Waals surface area contributed by atoms with Crippen LogP contribution in [-0.4, -0.2) is 96.7 Å². The molecule has 0 rings (SSSR count). The molecule has 0 aliphatic carbocycles. The monoisotopic (exact) mass is 1450 g/mol. The molecule has 0 heterocycles. The molecule has 0 aromatic rings. The first-order valence-electron chi connectivity index (χ1n) is 41.6. The van der Waals surface area contributed by atoms with Gasteiger partial charge < -0.3 is 33.8 Å². The van der Waals surface area contributed by atoms with Crippen molar-refractivity contribution in [1.29, 1.82) is 0 Å². The Morgan fingerprint density at radius 1 is 0.273 bits per heavy atom. The Bertz CT molecular complexity index is 1890. The molecule has 3 N–H and O–H groups in total. The number of phosphoric ester groups is 2. The van der Waals surface area contributed by atoms with Crippen LogP contribution in [0, 0.1) is 5.92 Å². The van der Waals surface area contributed by atoms with Crippen LogP contribution in [0.15, 0.2) is 0 Å². The maximum Gasteiger partial charge on any atom is 0.472 e. The minimum atomic E-state index is -4.96. The molecule has 19 heteroatoms. The summed E-state index contributed by atoms with van der Waals surface area (Å²) in [6.07, 6.45) is 64.0. The molecular formula is C80H156O17P2. The van der Waals surface area contributed by atoms with E-state index in [1.165, 1.54) is 238 Å². The third-order valence-electron chi connectivity index (χ3n) is 18.8. The lowest BCUT2D eigenvalue weighted by molar-refractivity contribution is -0.161. The van der Waals surface area contributed by atoms with Crippen LogP contribution in [0.3, 0.4) is 0 Å². The van der Waals surface area contributed by atoms with Crippen molar-refractivity contribution < 1.29 is 80.2 Å². The first-order valence-corrected chi connectivity index (χ1v) is 44.6. The van der Waals surface area contributed by atoms with Crippen LogP contribution >= 0.6 is 15.6 Å². The Morgan fingerprint density at radius 2 is 0.465 bits per heavy atom. The van der Waals surface area contributed by atoms with E-state index in [1.54, 1.807) is 0 Å². The summed E-state index contributed by atoms with van der Waals surface area (Å²) in [7, 11) is -9.91. The highest BCUT2D eigenvalue weighted by atomic mass is 31.2. The largest absolute Gasteiger partial charge is 0.472 e. The number of carbonyl (C=O) groups is 4. The highest BCUT2D eigenvalue weighted by Gasteiger charge is 2.30. The van der Waals surface area contributed by atoms with Gasteiger partial charge in [0.25, 0.3) is 0 Å². The Morgan fingerprint density at radius 3 is 0.687 bits per heavy atom. The van der Waals surface area contributed by atoms with Gasteiger partial charge in [-0.1, -0.05) is 375 Å². The lowest BCUT2D eigenvalue weighted by Crippen LogP contribution is -2.30. The number of hydrogen-bond donors (Lipinski definition) is 3. The Kier molecular flexibility index (Phi) is 71.6. The highest BCUT2D eigenvalue weighted by Crippen LogP contribution is 2.45. The van der Waals surface area contributed by atoms with Crippen LogP contribution in [0.5, 0.6) is 0 Å². The summed E-state index contributed by atoms with van der Waals surface area (Å²) in [6, 6.07) is 0. The number of phosphoric acid groups is 2. The zero-order valence-corrected chi connectivity index (χ0v) is 66.4. The molecule has 0 saturated carbocycles. The number of aliphatic hydroxyl groups excluding tert-OH is 1. The summed E-state index contributed by atoms with van der Waals surface area (Å²) in [5.41, 5.74) is 0. The molecule has 0 saturated heterocycles. The van der Waals surface area contributed by atoms with Crippen molar-refractivity contribution in [1.82, 2.24) is 0 Å². The summed E-state index contributed by atoms with van der Waals surface area (Å²) in [5, 5.41) is 10.6. The van der Waals surface area contributed by atoms with E-state index in [0.717, 1.165) is 109 Å². The topological polar surface area (TPSA) is 237 Å². The molecule has 2 unspecified atom stereocenters. The summed E-state index contributed by atoms with van der Waals surface area (Å²) in [4.78, 5) is 72.8. The van der Waals surface area contributed by atoms with E-state index in [1.807, 2.05) is 0 Å². The van der Waals surface area contributed by atoms with E-state index in [-0.39, 0.29) is 25.7 Å². The molecular weight excluding hydrogens is 1290 g/mol. The fourth-order valence-electron chi connectivity index (χ4n) is 12.4. The molecule has 99 heavy (non-hydrogen) atoms. The minimum absolute atomic E-state index is 0.108. The molecule has 0 spiro atoms.